The third-order valence-corrected chi connectivity index (χ3v) is 5.12. The zero-order valence-electron chi connectivity index (χ0n) is 15.2. The van der Waals surface area contributed by atoms with E-state index in [0.717, 1.165) is 30.5 Å². The van der Waals surface area contributed by atoms with E-state index in [0.29, 0.717) is 29.4 Å². The first-order valence-electron chi connectivity index (χ1n) is 8.88. The second kappa shape index (κ2) is 8.45. The first-order valence-corrected chi connectivity index (χ1v) is 9.26. The van der Waals surface area contributed by atoms with Gasteiger partial charge in [-0.3, -0.25) is 4.79 Å². The molecule has 1 atom stereocenters. The van der Waals surface area contributed by atoms with Crippen molar-refractivity contribution in [2.75, 3.05) is 20.8 Å². The summed E-state index contributed by atoms with van der Waals surface area (Å²) in [5.41, 5.74) is 2.18. The number of methoxy groups -OCH3 is 2. The van der Waals surface area contributed by atoms with Crippen LogP contribution in [0.1, 0.15) is 36.4 Å². The monoisotopic (exact) mass is 373 g/mol. The maximum absolute atomic E-state index is 12.8. The maximum Gasteiger partial charge on any atom is 0.223 e. The highest BCUT2D eigenvalue weighted by atomic mass is 35.5. The predicted molar refractivity (Wildman–Crippen MR) is 103 cm³/mol. The number of carbonyl (C=O) groups is 1. The van der Waals surface area contributed by atoms with Gasteiger partial charge >= 0.3 is 0 Å². The summed E-state index contributed by atoms with van der Waals surface area (Å²) in [7, 11) is 3.25. The molecule has 0 radical (unpaired) electrons. The molecule has 2 aromatic rings. The first-order chi connectivity index (χ1) is 12.6. The summed E-state index contributed by atoms with van der Waals surface area (Å²) in [6.45, 7) is 0.799. The highest BCUT2D eigenvalue weighted by molar-refractivity contribution is 6.30. The fourth-order valence-electron chi connectivity index (χ4n) is 3.56. The number of benzene rings is 2. The zero-order chi connectivity index (χ0) is 18.5. The number of hydrogen-bond acceptors (Lipinski definition) is 3. The lowest BCUT2D eigenvalue weighted by molar-refractivity contribution is -0.132. The molecule has 138 valence electrons. The van der Waals surface area contributed by atoms with Crippen molar-refractivity contribution in [2.45, 2.75) is 31.7 Å². The molecule has 1 aliphatic heterocycles. The normalized spacial score (nSPS) is 16.6. The van der Waals surface area contributed by atoms with E-state index >= 15 is 0 Å². The highest BCUT2D eigenvalue weighted by Gasteiger charge is 2.30. The number of aryl methyl sites for hydroxylation is 1. The molecule has 26 heavy (non-hydrogen) atoms. The average Bonchev–Trinajstić information content (AvgIpc) is 3.15. The smallest absolute Gasteiger partial charge is 0.223 e. The summed E-state index contributed by atoms with van der Waals surface area (Å²) in [6.07, 6.45) is 3.18. The Morgan fingerprint density at radius 3 is 2.69 bits per heavy atom. The van der Waals surface area contributed by atoms with Crippen molar-refractivity contribution in [1.29, 1.82) is 0 Å². The Bertz CT molecular complexity index is 778. The number of rotatable bonds is 6. The zero-order valence-corrected chi connectivity index (χ0v) is 16.0. The number of hydrogen-bond donors (Lipinski definition) is 0. The van der Waals surface area contributed by atoms with E-state index in [4.69, 9.17) is 21.1 Å². The molecule has 1 fully saturated rings. The SMILES string of the molecule is COc1ccc(C2CCCN2C(=O)CCc2cccc(Cl)c2)cc1OC. The molecule has 4 nitrogen and oxygen atoms in total. The van der Waals surface area contributed by atoms with Crippen LogP contribution >= 0.6 is 11.6 Å². The van der Waals surface area contributed by atoms with Gasteiger partial charge in [-0.2, -0.15) is 0 Å². The lowest BCUT2D eigenvalue weighted by Gasteiger charge is -2.26. The molecule has 1 aliphatic rings. The van der Waals surface area contributed by atoms with E-state index in [1.54, 1.807) is 14.2 Å². The van der Waals surface area contributed by atoms with Crippen LogP contribution in [0, 0.1) is 0 Å². The third-order valence-electron chi connectivity index (χ3n) is 4.88. The minimum atomic E-state index is 0.0988. The summed E-state index contributed by atoms with van der Waals surface area (Å²) in [6, 6.07) is 13.7. The minimum absolute atomic E-state index is 0.0988. The van der Waals surface area contributed by atoms with Crippen molar-refractivity contribution in [3.05, 3.63) is 58.6 Å². The Kier molecular flexibility index (Phi) is 6.04. The molecule has 1 unspecified atom stereocenters. The lowest BCUT2D eigenvalue weighted by Crippen LogP contribution is -2.30. The van der Waals surface area contributed by atoms with Crippen molar-refractivity contribution in [2.24, 2.45) is 0 Å². The maximum atomic E-state index is 12.8. The van der Waals surface area contributed by atoms with Gasteiger partial charge in [0, 0.05) is 18.0 Å². The molecule has 0 aromatic heterocycles. The van der Waals surface area contributed by atoms with Gasteiger partial charge in [0.05, 0.1) is 20.3 Å². The van der Waals surface area contributed by atoms with Crippen molar-refractivity contribution in [3.8, 4) is 11.5 Å². The lowest BCUT2D eigenvalue weighted by atomic mass is 10.0. The molecular formula is C21H24ClNO3. The molecule has 0 saturated carbocycles. The van der Waals surface area contributed by atoms with Crippen molar-refractivity contribution >= 4 is 17.5 Å². The number of likely N-dealkylation sites (tertiary alicyclic amines) is 1. The predicted octanol–water partition coefficient (Wildman–Crippen LogP) is 4.65. The first kappa shape index (κ1) is 18.6. The number of nitrogens with zero attached hydrogens (tertiary/aromatic N) is 1. The van der Waals surface area contributed by atoms with Gasteiger partial charge in [-0.25, -0.2) is 0 Å². The van der Waals surface area contributed by atoms with Crippen LogP contribution in [-0.4, -0.2) is 31.6 Å². The van der Waals surface area contributed by atoms with Gasteiger partial charge in [0.2, 0.25) is 5.91 Å². The van der Waals surface area contributed by atoms with Gasteiger partial charge in [0.1, 0.15) is 0 Å². The van der Waals surface area contributed by atoms with Gasteiger partial charge in [-0.15, -0.1) is 0 Å². The average molecular weight is 374 g/mol. The van der Waals surface area contributed by atoms with E-state index < -0.39 is 0 Å². The molecule has 3 rings (SSSR count). The fraction of sp³-hybridized carbons (Fsp3) is 0.381. The number of halogens is 1. The van der Waals surface area contributed by atoms with Crippen LogP contribution in [0.25, 0.3) is 0 Å². The van der Waals surface area contributed by atoms with E-state index in [1.807, 2.05) is 47.4 Å². The fourth-order valence-corrected chi connectivity index (χ4v) is 3.77. The summed E-state index contributed by atoms with van der Waals surface area (Å²) in [4.78, 5) is 14.8. The van der Waals surface area contributed by atoms with Crippen LogP contribution in [0.3, 0.4) is 0 Å². The minimum Gasteiger partial charge on any atom is -0.493 e. The van der Waals surface area contributed by atoms with E-state index in [2.05, 4.69) is 0 Å². The number of ether oxygens (including phenoxy) is 2. The molecule has 5 heteroatoms. The Balaban J connectivity index is 1.70. The largest absolute Gasteiger partial charge is 0.493 e. The van der Waals surface area contributed by atoms with Gasteiger partial charge in [-0.1, -0.05) is 29.8 Å². The molecule has 1 amide bonds. The van der Waals surface area contributed by atoms with Gasteiger partial charge < -0.3 is 14.4 Å². The Labute approximate surface area is 159 Å². The molecule has 1 heterocycles. The summed E-state index contributed by atoms with van der Waals surface area (Å²) in [5, 5.41) is 0.708. The Morgan fingerprint density at radius 2 is 1.96 bits per heavy atom. The van der Waals surface area contributed by atoms with E-state index in [9.17, 15) is 4.79 Å². The number of carbonyl (C=O) groups excluding carboxylic acids is 1. The van der Waals surface area contributed by atoms with Crippen LogP contribution in [0.2, 0.25) is 5.02 Å². The second-order valence-corrected chi connectivity index (χ2v) is 6.93. The van der Waals surface area contributed by atoms with Crippen LogP contribution in [0.4, 0.5) is 0 Å². The van der Waals surface area contributed by atoms with Crippen molar-refractivity contribution in [3.63, 3.8) is 0 Å². The Hall–Kier alpha value is -2.20. The van der Waals surface area contributed by atoms with Crippen molar-refractivity contribution < 1.29 is 14.3 Å². The standard InChI is InChI=1S/C21H24ClNO3/c1-25-19-10-9-16(14-20(19)26-2)18-7-4-12-23(18)21(24)11-8-15-5-3-6-17(22)13-15/h3,5-6,9-10,13-14,18H,4,7-8,11-12H2,1-2H3. The quantitative estimate of drug-likeness (QED) is 0.739. The summed E-state index contributed by atoms with van der Waals surface area (Å²) in [5.74, 6) is 1.58. The third kappa shape index (κ3) is 4.13. The van der Waals surface area contributed by atoms with Crippen LogP contribution in [-0.2, 0) is 11.2 Å². The summed E-state index contributed by atoms with van der Waals surface area (Å²) >= 11 is 6.03. The topological polar surface area (TPSA) is 38.8 Å². The van der Waals surface area contributed by atoms with Gasteiger partial charge in [0.15, 0.2) is 11.5 Å². The van der Waals surface area contributed by atoms with Crippen LogP contribution in [0.5, 0.6) is 11.5 Å². The molecule has 2 aromatic carbocycles. The van der Waals surface area contributed by atoms with E-state index in [-0.39, 0.29) is 11.9 Å². The highest BCUT2D eigenvalue weighted by Crippen LogP contribution is 2.37. The van der Waals surface area contributed by atoms with Crippen LogP contribution in [0.15, 0.2) is 42.5 Å². The summed E-state index contributed by atoms with van der Waals surface area (Å²) < 4.78 is 10.7. The van der Waals surface area contributed by atoms with E-state index in [1.165, 1.54) is 0 Å². The van der Waals surface area contributed by atoms with Crippen LogP contribution < -0.4 is 9.47 Å². The van der Waals surface area contributed by atoms with Gasteiger partial charge in [-0.05, 0) is 54.7 Å². The molecule has 0 spiro atoms. The molecule has 0 aliphatic carbocycles. The molecule has 1 saturated heterocycles. The number of amides is 1. The molecule has 0 N–H and O–H groups in total. The van der Waals surface area contributed by atoms with Crippen molar-refractivity contribution in [1.82, 2.24) is 4.90 Å². The molecule has 0 bridgehead atoms. The second-order valence-electron chi connectivity index (χ2n) is 6.49. The Morgan fingerprint density at radius 1 is 1.15 bits per heavy atom. The molecular weight excluding hydrogens is 350 g/mol. The van der Waals surface area contributed by atoms with Gasteiger partial charge in [0.25, 0.3) is 0 Å².